The first kappa shape index (κ1) is 14.0. The third kappa shape index (κ3) is 3.55. The van der Waals surface area contributed by atoms with E-state index in [-0.39, 0.29) is 5.54 Å². The molecule has 0 aliphatic carbocycles. The zero-order chi connectivity index (χ0) is 14.0. The number of oxazole rings is 1. The zero-order valence-electron chi connectivity index (χ0n) is 11.1. The monoisotopic (exact) mass is 282 g/mol. The highest BCUT2D eigenvalue weighted by Gasteiger charge is 2.17. The second-order valence-electron chi connectivity index (χ2n) is 5.36. The van der Waals surface area contributed by atoms with Gasteiger partial charge in [0.05, 0.1) is 5.56 Å². The fourth-order valence-electron chi connectivity index (χ4n) is 1.64. The van der Waals surface area contributed by atoms with Gasteiger partial charge in [0.15, 0.2) is 12.2 Å². The molecule has 0 amide bonds. The van der Waals surface area contributed by atoms with Gasteiger partial charge in [0.25, 0.3) is 0 Å². The van der Waals surface area contributed by atoms with Crippen LogP contribution in [0.2, 0.25) is 5.02 Å². The highest BCUT2D eigenvalue weighted by Crippen LogP contribution is 2.28. The molecule has 1 aromatic carbocycles. The largest absolute Gasteiger partial charge is 0.443 e. The first-order valence-corrected chi connectivity index (χ1v) is 6.37. The van der Waals surface area contributed by atoms with Gasteiger partial charge in [0.1, 0.15) is 11.5 Å². The van der Waals surface area contributed by atoms with E-state index in [4.69, 9.17) is 16.0 Å². The van der Waals surface area contributed by atoms with Crippen LogP contribution in [-0.4, -0.2) is 10.5 Å². The smallest absolute Gasteiger partial charge is 0.181 e. The van der Waals surface area contributed by atoms with Gasteiger partial charge < -0.3 is 9.73 Å². The molecule has 3 nitrogen and oxygen atoms in total. The molecule has 0 radical (unpaired) electrons. The van der Waals surface area contributed by atoms with Gasteiger partial charge in [-0.1, -0.05) is 11.6 Å². The van der Waals surface area contributed by atoms with E-state index >= 15 is 0 Å². The van der Waals surface area contributed by atoms with E-state index in [9.17, 15) is 4.39 Å². The lowest BCUT2D eigenvalue weighted by Crippen LogP contribution is -2.35. The number of nitrogens with one attached hydrogen (secondary N) is 1. The van der Waals surface area contributed by atoms with E-state index in [1.807, 2.05) is 0 Å². The first-order chi connectivity index (χ1) is 8.87. The van der Waals surface area contributed by atoms with Crippen LogP contribution in [0.15, 0.2) is 29.0 Å². The predicted molar refractivity (Wildman–Crippen MR) is 73.5 cm³/mol. The van der Waals surface area contributed by atoms with E-state index in [1.54, 1.807) is 12.1 Å². The molecule has 19 heavy (non-hydrogen) atoms. The van der Waals surface area contributed by atoms with Gasteiger partial charge in [-0.25, -0.2) is 9.37 Å². The molecule has 1 N–H and O–H groups in total. The van der Waals surface area contributed by atoms with Crippen molar-refractivity contribution in [3.8, 4) is 11.3 Å². The number of aromatic nitrogens is 1. The van der Waals surface area contributed by atoms with Gasteiger partial charge in [0, 0.05) is 17.1 Å². The first-order valence-electron chi connectivity index (χ1n) is 5.99. The van der Waals surface area contributed by atoms with Crippen LogP contribution >= 0.6 is 11.6 Å². The molecule has 0 spiro atoms. The molecular weight excluding hydrogens is 267 g/mol. The Bertz CT molecular complexity index is 575. The van der Waals surface area contributed by atoms with Crippen molar-refractivity contribution in [3.05, 3.63) is 41.1 Å². The van der Waals surface area contributed by atoms with Crippen molar-refractivity contribution in [1.29, 1.82) is 0 Å². The second kappa shape index (κ2) is 5.31. The van der Waals surface area contributed by atoms with Crippen molar-refractivity contribution in [2.75, 3.05) is 0 Å². The molecule has 0 atom stereocenters. The lowest BCUT2D eigenvalue weighted by Gasteiger charge is -2.19. The molecule has 1 heterocycles. The van der Waals surface area contributed by atoms with Crippen molar-refractivity contribution in [3.63, 3.8) is 0 Å². The summed E-state index contributed by atoms with van der Waals surface area (Å²) < 4.78 is 19.2. The summed E-state index contributed by atoms with van der Waals surface area (Å²) in [6.07, 6.45) is 1.32. The molecular formula is C14H16ClFN2O. The highest BCUT2D eigenvalue weighted by molar-refractivity contribution is 6.30. The van der Waals surface area contributed by atoms with Crippen molar-refractivity contribution in [1.82, 2.24) is 10.3 Å². The molecule has 5 heteroatoms. The van der Waals surface area contributed by atoms with Gasteiger partial charge >= 0.3 is 0 Å². The van der Waals surface area contributed by atoms with Gasteiger partial charge in [-0.2, -0.15) is 0 Å². The van der Waals surface area contributed by atoms with Crippen molar-refractivity contribution in [2.45, 2.75) is 32.9 Å². The Kier molecular flexibility index (Phi) is 3.92. The van der Waals surface area contributed by atoms with Crippen molar-refractivity contribution >= 4 is 11.6 Å². The number of halogens is 2. The molecule has 0 saturated carbocycles. The summed E-state index contributed by atoms with van der Waals surface area (Å²) in [5, 5.41) is 3.65. The van der Waals surface area contributed by atoms with Crippen LogP contribution in [0.1, 0.15) is 26.5 Å². The average molecular weight is 283 g/mol. The third-order valence-electron chi connectivity index (χ3n) is 2.60. The Balaban J connectivity index is 2.28. The summed E-state index contributed by atoms with van der Waals surface area (Å²) in [6.45, 7) is 6.66. The molecule has 0 bridgehead atoms. The number of hydrogen-bond donors (Lipinski definition) is 1. The molecule has 1 aromatic heterocycles. The Labute approximate surface area is 116 Å². The lowest BCUT2D eigenvalue weighted by molar-refractivity contribution is 0.421. The second-order valence-corrected chi connectivity index (χ2v) is 5.79. The summed E-state index contributed by atoms with van der Waals surface area (Å²) in [7, 11) is 0. The average Bonchev–Trinajstić information content (AvgIpc) is 2.73. The van der Waals surface area contributed by atoms with E-state index < -0.39 is 5.82 Å². The standard InChI is InChI=1S/C14H16ClFN2O/c1-14(2,3)18-7-12-13(19-8-17-12)10-5-4-9(15)6-11(10)16/h4-6,8,18H,7H2,1-3H3. The molecule has 2 rings (SSSR count). The molecule has 0 aliphatic heterocycles. The van der Waals surface area contributed by atoms with Crippen LogP contribution in [0.25, 0.3) is 11.3 Å². The van der Waals surface area contributed by atoms with Crippen molar-refractivity contribution < 1.29 is 8.81 Å². The minimum atomic E-state index is -0.416. The van der Waals surface area contributed by atoms with Gasteiger partial charge in [-0.05, 0) is 39.0 Å². The van der Waals surface area contributed by atoms with Gasteiger partial charge in [-0.15, -0.1) is 0 Å². The van der Waals surface area contributed by atoms with Crippen molar-refractivity contribution in [2.24, 2.45) is 0 Å². The molecule has 102 valence electrons. The van der Waals surface area contributed by atoms with E-state index in [2.05, 4.69) is 31.1 Å². The van der Waals surface area contributed by atoms with Gasteiger partial charge in [-0.3, -0.25) is 0 Å². The number of rotatable bonds is 3. The quantitative estimate of drug-likeness (QED) is 0.924. The maximum atomic E-state index is 13.9. The number of nitrogens with zero attached hydrogens (tertiary/aromatic N) is 1. The maximum absolute atomic E-state index is 13.9. The topological polar surface area (TPSA) is 38.1 Å². The molecule has 0 fully saturated rings. The van der Waals surface area contributed by atoms with Crippen LogP contribution in [0.3, 0.4) is 0 Å². The van der Waals surface area contributed by atoms with Crippen LogP contribution in [-0.2, 0) is 6.54 Å². The molecule has 0 unspecified atom stereocenters. The predicted octanol–water partition coefficient (Wildman–Crippen LogP) is 4.02. The van der Waals surface area contributed by atoms with Crippen LogP contribution in [0.4, 0.5) is 4.39 Å². The minimum absolute atomic E-state index is 0.0469. The van der Waals surface area contributed by atoms with Gasteiger partial charge in [0.2, 0.25) is 0 Å². The number of hydrogen-bond acceptors (Lipinski definition) is 3. The SMILES string of the molecule is CC(C)(C)NCc1ncoc1-c1ccc(Cl)cc1F. The van der Waals surface area contributed by atoms with Crippen LogP contribution in [0, 0.1) is 5.82 Å². The Morgan fingerprint density at radius 2 is 2.11 bits per heavy atom. The number of benzene rings is 1. The van der Waals surface area contributed by atoms with E-state index in [1.165, 1.54) is 12.5 Å². The Hall–Kier alpha value is -1.39. The fraction of sp³-hybridized carbons (Fsp3) is 0.357. The third-order valence-corrected chi connectivity index (χ3v) is 2.84. The minimum Gasteiger partial charge on any atom is -0.443 e. The summed E-state index contributed by atoms with van der Waals surface area (Å²) in [5.41, 5.74) is 0.998. The summed E-state index contributed by atoms with van der Waals surface area (Å²) >= 11 is 5.74. The zero-order valence-corrected chi connectivity index (χ0v) is 11.9. The summed E-state index contributed by atoms with van der Waals surface area (Å²) in [6, 6.07) is 4.49. The van der Waals surface area contributed by atoms with E-state index in [0.29, 0.717) is 28.6 Å². The summed E-state index contributed by atoms with van der Waals surface area (Å²) in [4.78, 5) is 4.13. The summed E-state index contributed by atoms with van der Waals surface area (Å²) in [5.74, 6) is 0.0205. The van der Waals surface area contributed by atoms with Crippen LogP contribution in [0.5, 0.6) is 0 Å². The Morgan fingerprint density at radius 1 is 1.37 bits per heavy atom. The fourth-order valence-corrected chi connectivity index (χ4v) is 1.80. The molecule has 0 aliphatic rings. The lowest BCUT2D eigenvalue weighted by atomic mass is 10.1. The van der Waals surface area contributed by atoms with E-state index in [0.717, 1.165) is 0 Å². The molecule has 0 saturated heterocycles. The molecule has 2 aromatic rings. The van der Waals surface area contributed by atoms with Crippen LogP contribution < -0.4 is 5.32 Å². The Morgan fingerprint density at radius 3 is 2.74 bits per heavy atom. The maximum Gasteiger partial charge on any atom is 0.181 e. The highest BCUT2D eigenvalue weighted by atomic mass is 35.5. The normalized spacial score (nSPS) is 11.8.